The van der Waals surface area contributed by atoms with Crippen LogP contribution >= 0.6 is 0 Å². The van der Waals surface area contributed by atoms with E-state index in [0.717, 1.165) is 5.75 Å². The molecule has 0 aliphatic carbocycles. The Bertz CT molecular complexity index is 930. The van der Waals surface area contributed by atoms with Gasteiger partial charge in [0.05, 0.1) is 18.7 Å². The van der Waals surface area contributed by atoms with Crippen molar-refractivity contribution in [2.24, 2.45) is 0 Å². The van der Waals surface area contributed by atoms with Crippen LogP contribution in [-0.2, 0) is 4.79 Å². The molecule has 6 heteroatoms. The zero-order valence-corrected chi connectivity index (χ0v) is 15.9. The molecule has 2 amide bonds. The highest BCUT2D eigenvalue weighted by atomic mass is 16.5. The number of anilines is 2. The fraction of sp³-hybridized carbons (Fsp3) is 0.130. The molecule has 0 aromatic heterocycles. The second kappa shape index (κ2) is 10.5. The van der Waals surface area contributed by atoms with Gasteiger partial charge in [-0.1, -0.05) is 48.5 Å². The first-order chi connectivity index (χ1) is 14.2. The van der Waals surface area contributed by atoms with Crippen LogP contribution in [0.2, 0.25) is 0 Å². The van der Waals surface area contributed by atoms with Crippen molar-refractivity contribution in [3.8, 4) is 5.75 Å². The van der Waals surface area contributed by atoms with Gasteiger partial charge in [-0.15, -0.1) is 0 Å². The van der Waals surface area contributed by atoms with E-state index in [0.29, 0.717) is 30.1 Å². The number of benzene rings is 3. The molecule has 0 heterocycles. The van der Waals surface area contributed by atoms with Gasteiger partial charge in [0.2, 0.25) is 5.91 Å². The summed E-state index contributed by atoms with van der Waals surface area (Å²) in [6, 6.07) is 25.7. The highest BCUT2D eigenvalue weighted by Gasteiger charge is 2.12. The number of para-hydroxylation sites is 3. The molecule has 0 unspecified atom stereocenters. The molecule has 148 valence electrons. The van der Waals surface area contributed by atoms with Crippen LogP contribution in [0.1, 0.15) is 10.4 Å². The molecular formula is C23H23N3O3. The summed E-state index contributed by atoms with van der Waals surface area (Å²) in [5.74, 6) is 0.342. The van der Waals surface area contributed by atoms with Crippen LogP contribution < -0.4 is 20.7 Å². The Morgan fingerprint density at radius 2 is 1.45 bits per heavy atom. The van der Waals surface area contributed by atoms with Gasteiger partial charge >= 0.3 is 0 Å². The summed E-state index contributed by atoms with van der Waals surface area (Å²) in [7, 11) is 0. The largest absolute Gasteiger partial charge is 0.492 e. The van der Waals surface area contributed by atoms with Crippen molar-refractivity contribution in [1.29, 1.82) is 0 Å². The SMILES string of the molecule is O=C(CNc1ccccc1C(=O)Nc1ccccc1)NCCOc1ccccc1. The van der Waals surface area contributed by atoms with E-state index in [1.165, 1.54) is 0 Å². The molecule has 3 rings (SSSR count). The Balaban J connectivity index is 1.46. The van der Waals surface area contributed by atoms with Crippen LogP contribution in [0.3, 0.4) is 0 Å². The third-order valence-electron chi connectivity index (χ3n) is 4.08. The molecule has 0 fully saturated rings. The van der Waals surface area contributed by atoms with Crippen LogP contribution in [0.15, 0.2) is 84.9 Å². The Hall–Kier alpha value is -3.80. The summed E-state index contributed by atoms with van der Waals surface area (Å²) in [4.78, 5) is 24.6. The average molecular weight is 389 g/mol. The van der Waals surface area contributed by atoms with E-state index >= 15 is 0 Å². The van der Waals surface area contributed by atoms with Gasteiger partial charge in [-0.25, -0.2) is 0 Å². The second-order valence-electron chi connectivity index (χ2n) is 6.23. The second-order valence-corrected chi connectivity index (χ2v) is 6.23. The third kappa shape index (κ3) is 6.39. The number of carbonyl (C=O) groups is 2. The number of rotatable bonds is 9. The van der Waals surface area contributed by atoms with E-state index in [1.807, 2.05) is 66.7 Å². The summed E-state index contributed by atoms with van der Waals surface area (Å²) < 4.78 is 5.54. The lowest BCUT2D eigenvalue weighted by Crippen LogP contribution is -2.33. The maximum absolute atomic E-state index is 12.6. The van der Waals surface area contributed by atoms with Crippen molar-refractivity contribution in [2.75, 3.05) is 30.3 Å². The number of hydrogen-bond acceptors (Lipinski definition) is 4. The maximum Gasteiger partial charge on any atom is 0.257 e. The molecular weight excluding hydrogens is 366 g/mol. The summed E-state index contributed by atoms with van der Waals surface area (Å²) in [5.41, 5.74) is 1.77. The van der Waals surface area contributed by atoms with Gasteiger partial charge in [0.1, 0.15) is 12.4 Å². The summed E-state index contributed by atoms with van der Waals surface area (Å²) in [6.45, 7) is 0.832. The Labute approximate surface area is 169 Å². The Kier molecular flexibility index (Phi) is 7.23. The van der Waals surface area contributed by atoms with E-state index in [9.17, 15) is 9.59 Å². The molecule has 0 spiro atoms. The van der Waals surface area contributed by atoms with Crippen LogP contribution in [0, 0.1) is 0 Å². The van der Waals surface area contributed by atoms with Gasteiger partial charge in [0.15, 0.2) is 0 Å². The van der Waals surface area contributed by atoms with E-state index in [1.54, 1.807) is 18.2 Å². The van der Waals surface area contributed by atoms with Gasteiger partial charge in [-0.3, -0.25) is 9.59 Å². The smallest absolute Gasteiger partial charge is 0.257 e. The van der Waals surface area contributed by atoms with Crippen molar-refractivity contribution >= 4 is 23.2 Å². The molecule has 0 atom stereocenters. The van der Waals surface area contributed by atoms with Crippen LogP contribution in [0.4, 0.5) is 11.4 Å². The fourth-order valence-corrected chi connectivity index (χ4v) is 2.67. The predicted octanol–water partition coefficient (Wildman–Crippen LogP) is 3.55. The molecule has 0 radical (unpaired) electrons. The number of carbonyl (C=O) groups excluding carboxylic acids is 2. The molecule has 0 saturated carbocycles. The highest BCUT2D eigenvalue weighted by molar-refractivity contribution is 6.08. The Morgan fingerprint density at radius 1 is 0.793 bits per heavy atom. The normalized spacial score (nSPS) is 10.1. The lowest BCUT2D eigenvalue weighted by atomic mass is 10.1. The lowest BCUT2D eigenvalue weighted by Gasteiger charge is -2.12. The van der Waals surface area contributed by atoms with Gasteiger partial charge in [0.25, 0.3) is 5.91 Å². The monoisotopic (exact) mass is 389 g/mol. The van der Waals surface area contributed by atoms with Crippen LogP contribution in [0.5, 0.6) is 5.75 Å². The predicted molar refractivity (Wildman–Crippen MR) is 114 cm³/mol. The number of ether oxygens (including phenoxy) is 1. The molecule has 0 bridgehead atoms. The first-order valence-electron chi connectivity index (χ1n) is 9.36. The van der Waals surface area contributed by atoms with Crippen LogP contribution in [-0.4, -0.2) is 31.5 Å². The fourth-order valence-electron chi connectivity index (χ4n) is 2.67. The molecule has 3 aromatic rings. The first kappa shape index (κ1) is 19.9. The van der Waals surface area contributed by atoms with E-state index in [2.05, 4.69) is 16.0 Å². The number of amides is 2. The molecule has 29 heavy (non-hydrogen) atoms. The first-order valence-corrected chi connectivity index (χ1v) is 9.36. The highest BCUT2D eigenvalue weighted by Crippen LogP contribution is 2.17. The molecule has 0 saturated heterocycles. The van der Waals surface area contributed by atoms with Gasteiger partial charge in [-0.2, -0.15) is 0 Å². The molecule has 3 N–H and O–H groups in total. The molecule has 6 nitrogen and oxygen atoms in total. The van der Waals surface area contributed by atoms with E-state index < -0.39 is 0 Å². The van der Waals surface area contributed by atoms with Crippen molar-refractivity contribution in [1.82, 2.24) is 5.32 Å². The summed E-state index contributed by atoms with van der Waals surface area (Å²) >= 11 is 0. The molecule has 0 aliphatic rings. The minimum atomic E-state index is -0.240. The zero-order valence-electron chi connectivity index (χ0n) is 15.9. The molecule has 3 aromatic carbocycles. The number of nitrogens with one attached hydrogen (secondary N) is 3. The van der Waals surface area contributed by atoms with E-state index in [-0.39, 0.29) is 18.4 Å². The number of hydrogen-bond donors (Lipinski definition) is 3. The quantitative estimate of drug-likeness (QED) is 0.489. The van der Waals surface area contributed by atoms with Crippen molar-refractivity contribution < 1.29 is 14.3 Å². The van der Waals surface area contributed by atoms with Gasteiger partial charge < -0.3 is 20.7 Å². The average Bonchev–Trinajstić information content (AvgIpc) is 2.77. The molecule has 0 aliphatic heterocycles. The van der Waals surface area contributed by atoms with Crippen molar-refractivity contribution in [3.05, 3.63) is 90.5 Å². The minimum Gasteiger partial charge on any atom is -0.492 e. The third-order valence-corrected chi connectivity index (χ3v) is 4.08. The minimum absolute atomic E-state index is 0.0565. The zero-order chi connectivity index (χ0) is 20.3. The Morgan fingerprint density at radius 3 is 2.21 bits per heavy atom. The van der Waals surface area contributed by atoms with Crippen LogP contribution in [0.25, 0.3) is 0 Å². The van der Waals surface area contributed by atoms with E-state index in [4.69, 9.17) is 4.74 Å². The van der Waals surface area contributed by atoms with Gasteiger partial charge in [0, 0.05) is 11.4 Å². The summed E-state index contributed by atoms with van der Waals surface area (Å²) in [6.07, 6.45) is 0. The van der Waals surface area contributed by atoms with Crippen molar-refractivity contribution in [2.45, 2.75) is 0 Å². The van der Waals surface area contributed by atoms with Gasteiger partial charge in [-0.05, 0) is 36.4 Å². The lowest BCUT2D eigenvalue weighted by molar-refractivity contribution is -0.119. The topological polar surface area (TPSA) is 79.5 Å². The maximum atomic E-state index is 12.6. The summed E-state index contributed by atoms with van der Waals surface area (Å²) in [5, 5.41) is 8.66. The van der Waals surface area contributed by atoms with Crippen molar-refractivity contribution in [3.63, 3.8) is 0 Å². The standard InChI is InChI=1S/C23H23N3O3/c27-22(24-15-16-29-19-11-5-2-6-12-19)17-25-21-14-8-7-13-20(21)23(28)26-18-9-3-1-4-10-18/h1-14,25H,15-17H2,(H,24,27)(H,26,28).